The largest absolute Gasteiger partial charge is 0.507 e. The maximum atomic E-state index is 13.1. The van der Waals surface area contributed by atoms with E-state index in [-0.39, 0.29) is 12.2 Å². The number of aliphatic hydroxyl groups excluding tert-OH is 1. The molecule has 0 aliphatic heterocycles. The van der Waals surface area contributed by atoms with Gasteiger partial charge in [-0.15, -0.1) is 0 Å². The predicted octanol–water partition coefficient (Wildman–Crippen LogP) is 2.80. The van der Waals surface area contributed by atoms with Crippen LogP contribution in [0.25, 0.3) is 5.76 Å². The molecular weight excluding hydrogens is 324 g/mol. The first-order chi connectivity index (χ1) is 10.6. The number of carbonyl (C=O) groups is 2. The lowest BCUT2D eigenvalue weighted by Crippen LogP contribution is -2.20. The first-order valence-corrected chi connectivity index (χ1v) is 6.25. The van der Waals surface area contributed by atoms with E-state index in [0.29, 0.717) is 12.1 Å². The van der Waals surface area contributed by atoms with Crippen LogP contribution >= 0.6 is 0 Å². The van der Waals surface area contributed by atoms with Gasteiger partial charge in [-0.25, -0.2) is 9.18 Å². The van der Waals surface area contributed by atoms with Gasteiger partial charge in [0, 0.05) is 12.1 Å². The third-order valence-electron chi connectivity index (χ3n) is 2.36. The summed E-state index contributed by atoms with van der Waals surface area (Å²) in [6.45, 7) is -0.337. The molecular formula is C14H12F4O5. The first kappa shape index (κ1) is 18.5. The lowest BCUT2D eigenvalue weighted by molar-refractivity contribution is -0.153. The molecule has 0 saturated heterocycles. The number of hydrogen-bond acceptors (Lipinski definition) is 5. The molecule has 0 fully saturated rings. The van der Waals surface area contributed by atoms with Gasteiger partial charge in [0.15, 0.2) is 6.61 Å². The van der Waals surface area contributed by atoms with E-state index in [0.717, 1.165) is 12.1 Å². The van der Waals surface area contributed by atoms with Crippen molar-refractivity contribution in [2.75, 3.05) is 13.2 Å². The Balaban J connectivity index is 3.06. The number of ketones is 1. The molecule has 126 valence electrons. The van der Waals surface area contributed by atoms with Gasteiger partial charge >= 0.3 is 12.1 Å². The molecule has 0 saturated carbocycles. The summed E-state index contributed by atoms with van der Waals surface area (Å²) in [4.78, 5) is 22.5. The zero-order valence-corrected chi connectivity index (χ0v) is 11.8. The van der Waals surface area contributed by atoms with Gasteiger partial charge in [0.2, 0.25) is 0 Å². The second-order valence-electron chi connectivity index (χ2n) is 4.16. The van der Waals surface area contributed by atoms with Gasteiger partial charge in [0.1, 0.15) is 17.3 Å². The molecule has 23 heavy (non-hydrogen) atoms. The molecule has 0 spiro atoms. The molecule has 0 aromatic heterocycles. The van der Waals surface area contributed by atoms with Crippen molar-refractivity contribution in [2.45, 2.75) is 13.1 Å². The normalized spacial score (nSPS) is 12.0. The van der Waals surface area contributed by atoms with Gasteiger partial charge in [-0.05, 0) is 19.1 Å². The Hall–Kier alpha value is -2.58. The van der Waals surface area contributed by atoms with Crippen molar-refractivity contribution in [3.8, 4) is 5.75 Å². The molecule has 0 aliphatic rings. The minimum absolute atomic E-state index is 0.0737. The van der Waals surface area contributed by atoms with Gasteiger partial charge in [0.05, 0.1) is 12.2 Å². The molecule has 1 N–H and O–H groups in total. The molecule has 0 radical (unpaired) electrons. The van der Waals surface area contributed by atoms with Gasteiger partial charge in [-0.1, -0.05) is 0 Å². The molecule has 1 aromatic carbocycles. The van der Waals surface area contributed by atoms with E-state index in [4.69, 9.17) is 0 Å². The van der Waals surface area contributed by atoms with E-state index in [2.05, 4.69) is 9.47 Å². The number of rotatable bonds is 6. The fourth-order valence-electron chi connectivity index (χ4n) is 1.45. The van der Waals surface area contributed by atoms with Gasteiger partial charge < -0.3 is 14.6 Å². The van der Waals surface area contributed by atoms with Gasteiger partial charge in [-0.3, -0.25) is 4.79 Å². The van der Waals surface area contributed by atoms with E-state index >= 15 is 0 Å². The maximum Gasteiger partial charge on any atom is 0.422 e. The number of esters is 1. The third-order valence-corrected chi connectivity index (χ3v) is 2.36. The molecule has 0 bridgehead atoms. The summed E-state index contributed by atoms with van der Waals surface area (Å²) in [5, 5.41) is 9.76. The van der Waals surface area contributed by atoms with Crippen LogP contribution in [0.4, 0.5) is 17.6 Å². The van der Waals surface area contributed by atoms with Crippen LogP contribution < -0.4 is 4.74 Å². The minimum Gasteiger partial charge on any atom is -0.507 e. The Labute approximate surface area is 128 Å². The van der Waals surface area contributed by atoms with Crippen LogP contribution in [0.2, 0.25) is 0 Å². The van der Waals surface area contributed by atoms with Crippen molar-refractivity contribution in [3.63, 3.8) is 0 Å². The summed E-state index contributed by atoms with van der Waals surface area (Å²) in [7, 11) is 0. The van der Waals surface area contributed by atoms with Gasteiger partial charge in [0.25, 0.3) is 5.78 Å². The van der Waals surface area contributed by atoms with Crippen molar-refractivity contribution in [1.29, 1.82) is 0 Å². The van der Waals surface area contributed by atoms with Crippen molar-refractivity contribution in [1.82, 2.24) is 0 Å². The number of carbonyl (C=O) groups excluding carboxylic acids is 2. The number of halogens is 4. The Morgan fingerprint density at radius 1 is 1.30 bits per heavy atom. The van der Waals surface area contributed by atoms with Crippen LogP contribution in [0.15, 0.2) is 24.3 Å². The molecule has 0 amide bonds. The smallest absolute Gasteiger partial charge is 0.422 e. The summed E-state index contributed by atoms with van der Waals surface area (Å²) >= 11 is 0. The SMILES string of the molecule is CCOC(=O)C(=O)C=C(O)c1ccc(F)cc1OCC(F)(F)F. The van der Waals surface area contributed by atoms with Crippen molar-refractivity contribution < 1.29 is 41.7 Å². The summed E-state index contributed by atoms with van der Waals surface area (Å²) in [5.74, 6) is -4.88. The molecule has 9 heteroatoms. The molecule has 0 unspecified atom stereocenters. The first-order valence-electron chi connectivity index (χ1n) is 6.25. The van der Waals surface area contributed by atoms with Crippen LogP contribution in [0.1, 0.15) is 12.5 Å². The number of hydrogen-bond donors (Lipinski definition) is 1. The average molecular weight is 336 g/mol. The van der Waals surface area contributed by atoms with Crippen molar-refractivity contribution in [2.24, 2.45) is 0 Å². The highest BCUT2D eigenvalue weighted by molar-refractivity contribution is 6.39. The van der Waals surface area contributed by atoms with E-state index in [1.54, 1.807) is 0 Å². The van der Waals surface area contributed by atoms with Crippen molar-refractivity contribution in [3.05, 3.63) is 35.7 Å². The van der Waals surface area contributed by atoms with Crippen molar-refractivity contribution >= 4 is 17.5 Å². The van der Waals surface area contributed by atoms with E-state index in [9.17, 15) is 32.3 Å². The lowest BCUT2D eigenvalue weighted by atomic mass is 10.1. The zero-order valence-electron chi connectivity index (χ0n) is 11.8. The van der Waals surface area contributed by atoms with E-state index < -0.39 is 41.9 Å². The molecule has 0 heterocycles. The van der Waals surface area contributed by atoms with E-state index in [1.807, 2.05) is 0 Å². The number of alkyl halides is 3. The molecule has 1 rings (SSSR count). The predicted molar refractivity (Wildman–Crippen MR) is 70.2 cm³/mol. The topological polar surface area (TPSA) is 72.8 Å². The molecule has 0 aliphatic carbocycles. The van der Waals surface area contributed by atoms with Crippen LogP contribution in [0.3, 0.4) is 0 Å². The Morgan fingerprint density at radius 3 is 2.52 bits per heavy atom. The average Bonchev–Trinajstić information content (AvgIpc) is 2.44. The Kier molecular flexibility index (Phi) is 6.11. The second kappa shape index (κ2) is 7.61. The summed E-state index contributed by atoms with van der Waals surface area (Å²) in [6, 6.07) is 2.36. The highest BCUT2D eigenvalue weighted by Gasteiger charge is 2.29. The number of ether oxygens (including phenoxy) is 2. The summed E-state index contributed by atoms with van der Waals surface area (Å²) in [6.07, 6.45) is -4.23. The quantitative estimate of drug-likeness (QED) is 0.284. The van der Waals surface area contributed by atoms with Crippen LogP contribution in [0.5, 0.6) is 5.75 Å². The molecule has 0 atom stereocenters. The standard InChI is InChI=1S/C14H12F4O5/c1-2-22-13(21)11(20)6-10(19)9-4-3-8(15)5-12(9)23-7-14(16,17)18/h3-6,19H,2,7H2,1H3. The van der Waals surface area contributed by atoms with Crippen LogP contribution in [-0.4, -0.2) is 36.2 Å². The Bertz CT molecular complexity index is 622. The Morgan fingerprint density at radius 2 is 1.96 bits per heavy atom. The maximum absolute atomic E-state index is 13.1. The zero-order chi connectivity index (χ0) is 17.6. The van der Waals surface area contributed by atoms with Crippen LogP contribution in [-0.2, 0) is 14.3 Å². The molecule has 1 aromatic rings. The second-order valence-corrected chi connectivity index (χ2v) is 4.16. The summed E-state index contributed by atoms with van der Waals surface area (Å²) < 4.78 is 58.4. The fourth-order valence-corrected chi connectivity index (χ4v) is 1.45. The highest BCUT2D eigenvalue weighted by atomic mass is 19.4. The lowest BCUT2D eigenvalue weighted by Gasteiger charge is -2.13. The monoisotopic (exact) mass is 336 g/mol. The molecule has 5 nitrogen and oxygen atoms in total. The van der Waals surface area contributed by atoms with Crippen LogP contribution in [0, 0.1) is 5.82 Å². The van der Waals surface area contributed by atoms with Gasteiger partial charge in [-0.2, -0.15) is 13.2 Å². The minimum atomic E-state index is -4.68. The third kappa shape index (κ3) is 5.97. The summed E-state index contributed by atoms with van der Waals surface area (Å²) in [5.41, 5.74) is -0.381. The fraction of sp³-hybridized carbons (Fsp3) is 0.286. The number of aliphatic hydroxyl groups is 1. The highest BCUT2D eigenvalue weighted by Crippen LogP contribution is 2.27. The number of benzene rings is 1. The van der Waals surface area contributed by atoms with E-state index in [1.165, 1.54) is 6.92 Å².